The highest BCUT2D eigenvalue weighted by Gasteiger charge is 2.31. The SMILES string of the molecule is CN(/C=C\N=C(C=O)Sc1ccc(OC(F)(F)F)cc1)c1cc(F)c(OCC(C)(C)O)c(F)c1. The molecular formula is C22H21F5N2O4S. The Morgan fingerprint density at radius 3 is 2.24 bits per heavy atom. The number of ether oxygens (including phenoxy) is 2. The van der Waals surface area contributed by atoms with E-state index in [9.17, 15) is 31.9 Å². The highest BCUT2D eigenvalue weighted by molar-refractivity contribution is 8.15. The van der Waals surface area contributed by atoms with E-state index in [2.05, 4.69) is 9.73 Å². The number of hydrogen-bond donors (Lipinski definition) is 1. The number of hydrogen-bond acceptors (Lipinski definition) is 7. The van der Waals surface area contributed by atoms with Gasteiger partial charge in [-0.05, 0) is 38.1 Å². The number of nitrogens with zero attached hydrogens (tertiary/aromatic N) is 2. The number of thioether (sulfide) groups is 1. The van der Waals surface area contributed by atoms with E-state index in [0.29, 0.717) is 11.2 Å². The van der Waals surface area contributed by atoms with Gasteiger partial charge in [0.1, 0.15) is 17.4 Å². The average Bonchev–Trinajstić information content (AvgIpc) is 2.71. The van der Waals surface area contributed by atoms with E-state index in [1.54, 1.807) is 0 Å². The Kier molecular flexibility index (Phi) is 9.05. The van der Waals surface area contributed by atoms with E-state index in [1.165, 1.54) is 50.3 Å². The number of alkyl halides is 3. The predicted octanol–water partition coefficient (Wildman–Crippen LogP) is 5.31. The molecule has 1 N–H and O–H groups in total. The topological polar surface area (TPSA) is 71.4 Å². The zero-order valence-electron chi connectivity index (χ0n) is 18.3. The molecule has 0 radical (unpaired) electrons. The molecular weight excluding hydrogens is 483 g/mol. The van der Waals surface area contributed by atoms with Gasteiger partial charge in [-0.25, -0.2) is 13.8 Å². The van der Waals surface area contributed by atoms with Gasteiger partial charge in [-0.15, -0.1) is 13.2 Å². The van der Waals surface area contributed by atoms with E-state index in [-0.39, 0.29) is 17.3 Å². The molecule has 184 valence electrons. The summed E-state index contributed by atoms with van der Waals surface area (Å²) in [6, 6.07) is 6.90. The van der Waals surface area contributed by atoms with Gasteiger partial charge in [-0.2, -0.15) is 0 Å². The zero-order valence-corrected chi connectivity index (χ0v) is 19.1. The third-order valence-electron chi connectivity index (χ3n) is 3.83. The first-order valence-corrected chi connectivity index (χ1v) is 10.4. The number of benzene rings is 2. The van der Waals surface area contributed by atoms with Crippen molar-refractivity contribution < 1.29 is 41.3 Å². The summed E-state index contributed by atoms with van der Waals surface area (Å²) in [5.74, 6) is -2.96. The maximum absolute atomic E-state index is 14.3. The third-order valence-corrected chi connectivity index (χ3v) is 4.75. The molecule has 0 aromatic heterocycles. The molecule has 2 aromatic carbocycles. The molecule has 0 heterocycles. The van der Waals surface area contributed by atoms with Crippen LogP contribution in [0.5, 0.6) is 11.5 Å². The molecule has 2 aromatic rings. The van der Waals surface area contributed by atoms with Gasteiger partial charge in [-0.3, -0.25) is 4.79 Å². The van der Waals surface area contributed by atoms with Crippen molar-refractivity contribution in [1.29, 1.82) is 0 Å². The molecule has 12 heteroatoms. The molecule has 0 aliphatic rings. The van der Waals surface area contributed by atoms with Gasteiger partial charge in [0.05, 0.1) is 5.60 Å². The van der Waals surface area contributed by atoms with Crippen molar-refractivity contribution in [3.63, 3.8) is 0 Å². The van der Waals surface area contributed by atoms with Crippen LogP contribution in [0.3, 0.4) is 0 Å². The number of aldehydes is 1. The van der Waals surface area contributed by atoms with Gasteiger partial charge in [0, 0.05) is 42.2 Å². The molecule has 2 rings (SSSR count). The largest absolute Gasteiger partial charge is 0.573 e. The molecule has 0 fully saturated rings. The van der Waals surface area contributed by atoms with Crippen LogP contribution in [0.1, 0.15) is 13.8 Å². The van der Waals surface area contributed by atoms with E-state index < -0.39 is 35.1 Å². The van der Waals surface area contributed by atoms with E-state index >= 15 is 0 Å². The summed E-state index contributed by atoms with van der Waals surface area (Å²) in [5, 5.41) is 9.63. The molecule has 0 aliphatic heterocycles. The third kappa shape index (κ3) is 9.02. The molecule has 0 saturated heterocycles. The van der Waals surface area contributed by atoms with E-state index in [4.69, 9.17) is 4.74 Å². The lowest BCUT2D eigenvalue weighted by atomic mass is 10.2. The number of halogens is 5. The maximum atomic E-state index is 14.3. The molecule has 6 nitrogen and oxygen atoms in total. The summed E-state index contributed by atoms with van der Waals surface area (Å²) in [6.45, 7) is 2.55. The Balaban J connectivity index is 2.05. The Hall–Kier alpha value is -3.12. The van der Waals surface area contributed by atoms with Crippen LogP contribution in [-0.4, -0.2) is 42.1 Å². The molecule has 0 aliphatic carbocycles. The lowest BCUT2D eigenvalue weighted by Gasteiger charge is -2.20. The van der Waals surface area contributed by atoms with Crippen LogP contribution in [0.2, 0.25) is 0 Å². The minimum atomic E-state index is -4.81. The zero-order chi connectivity index (χ0) is 25.5. The molecule has 0 saturated carbocycles. The van der Waals surface area contributed by atoms with Crippen LogP contribution in [0.4, 0.5) is 27.6 Å². The van der Waals surface area contributed by atoms with Crippen LogP contribution in [0.25, 0.3) is 0 Å². The molecule has 0 bridgehead atoms. The average molecular weight is 504 g/mol. The summed E-state index contributed by atoms with van der Waals surface area (Å²) in [5.41, 5.74) is -1.15. The van der Waals surface area contributed by atoms with Gasteiger partial charge in [0.2, 0.25) is 0 Å². The number of aliphatic hydroxyl groups is 1. The van der Waals surface area contributed by atoms with Gasteiger partial charge in [-0.1, -0.05) is 11.8 Å². The van der Waals surface area contributed by atoms with Gasteiger partial charge < -0.3 is 19.5 Å². The number of carbonyl (C=O) groups is 1. The number of carbonyl (C=O) groups excluding carboxylic acids is 1. The van der Waals surface area contributed by atoms with Crippen molar-refractivity contribution in [2.24, 2.45) is 4.99 Å². The molecule has 0 spiro atoms. The monoisotopic (exact) mass is 504 g/mol. The Morgan fingerprint density at radius 1 is 1.15 bits per heavy atom. The summed E-state index contributed by atoms with van der Waals surface area (Å²) >= 11 is 0.896. The second-order valence-electron chi connectivity index (χ2n) is 7.46. The van der Waals surface area contributed by atoms with Gasteiger partial charge in [0.15, 0.2) is 23.7 Å². The van der Waals surface area contributed by atoms with E-state index in [0.717, 1.165) is 36.0 Å². The van der Waals surface area contributed by atoms with Crippen molar-refractivity contribution in [1.82, 2.24) is 0 Å². The van der Waals surface area contributed by atoms with Crippen LogP contribution in [0.15, 0.2) is 58.7 Å². The van der Waals surface area contributed by atoms with Crippen LogP contribution < -0.4 is 14.4 Å². The molecule has 34 heavy (non-hydrogen) atoms. The van der Waals surface area contributed by atoms with Crippen LogP contribution in [-0.2, 0) is 4.79 Å². The second kappa shape index (κ2) is 11.3. The highest BCUT2D eigenvalue weighted by atomic mass is 32.2. The normalized spacial score (nSPS) is 12.7. The lowest BCUT2D eigenvalue weighted by molar-refractivity contribution is -0.274. The Bertz CT molecular complexity index is 1030. The molecule has 0 amide bonds. The van der Waals surface area contributed by atoms with Crippen LogP contribution in [0, 0.1) is 11.6 Å². The summed E-state index contributed by atoms with van der Waals surface area (Å²) in [7, 11) is 1.49. The standard InChI is InChI=1S/C22H21F5N2O4S/c1-21(2,31)13-32-20-17(23)10-14(11-18(20)24)29(3)9-8-28-19(12-30)34-16-6-4-15(5-7-16)33-22(25,26)27/h4-12,31H,13H2,1-3H3/b9-8-,28-19?. The minimum absolute atomic E-state index is 0.0122. The van der Waals surface area contributed by atoms with Crippen molar-refractivity contribution in [2.75, 3.05) is 18.6 Å². The van der Waals surface area contributed by atoms with Crippen molar-refractivity contribution >= 4 is 28.8 Å². The fraction of sp³-hybridized carbons (Fsp3) is 0.273. The second-order valence-corrected chi connectivity index (χ2v) is 8.55. The lowest BCUT2D eigenvalue weighted by Crippen LogP contribution is -2.28. The van der Waals surface area contributed by atoms with Crippen LogP contribution >= 0.6 is 11.8 Å². The van der Waals surface area contributed by atoms with Crippen molar-refractivity contribution in [2.45, 2.75) is 30.7 Å². The summed E-state index contributed by atoms with van der Waals surface area (Å²) in [6.07, 6.45) is -1.80. The quantitative estimate of drug-likeness (QED) is 0.164. The summed E-state index contributed by atoms with van der Waals surface area (Å²) in [4.78, 5) is 17.0. The first-order valence-electron chi connectivity index (χ1n) is 9.58. The number of anilines is 1. The number of aliphatic imine (C=N–C) groups is 1. The smallest absolute Gasteiger partial charge is 0.485 e. The Morgan fingerprint density at radius 2 is 1.74 bits per heavy atom. The fourth-order valence-electron chi connectivity index (χ4n) is 2.34. The minimum Gasteiger partial charge on any atom is -0.485 e. The summed E-state index contributed by atoms with van der Waals surface area (Å²) < 4.78 is 74.0. The van der Waals surface area contributed by atoms with E-state index in [1.807, 2.05) is 0 Å². The number of rotatable bonds is 9. The Labute approximate surface area is 196 Å². The first kappa shape index (κ1) is 27.1. The van der Waals surface area contributed by atoms with Gasteiger partial charge in [0.25, 0.3) is 0 Å². The maximum Gasteiger partial charge on any atom is 0.573 e. The highest BCUT2D eigenvalue weighted by Crippen LogP contribution is 2.29. The van der Waals surface area contributed by atoms with Crippen molar-refractivity contribution in [3.8, 4) is 11.5 Å². The predicted molar refractivity (Wildman–Crippen MR) is 118 cm³/mol. The molecule has 0 unspecified atom stereocenters. The van der Waals surface area contributed by atoms with Gasteiger partial charge >= 0.3 is 6.36 Å². The first-order chi connectivity index (χ1) is 15.8. The van der Waals surface area contributed by atoms with Crippen molar-refractivity contribution in [3.05, 3.63) is 60.4 Å². The molecule has 0 atom stereocenters. The fourth-order valence-corrected chi connectivity index (χ4v) is 3.02.